The molecule has 6 heteroatoms. The summed E-state index contributed by atoms with van der Waals surface area (Å²) >= 11 is 0. The highest BCUT2D eigenvalue weighted by atomic mass is 16.5. The number of carbonyl (C=O) groups is 2. The van der Waals surface area contributed by atoms with Crippen molar-refractivity contribution in [3.63, 3.8) is 0 Å². The predicted octanol–water partition coefficient (Wildman–Crippen LogP) is 0.853. The third kappa shape index (κ3) is 4.22. The van der Waals surface area contributed by atoms with Crippen molar-refractivity contribution in [2.75, 3.05) is 19.0 Å². The highest BCUT2D eigenvalue weighted by molar-refractivity contribution is 5.93. The summed E-state index contributed by atoms with van der Waals surface area (Å²) in [6.45, 7) is -0.191. The molecule has 6 nitrogen and oxygen atoms in total. The number of carbonyl (C=O) groups excluding carboxylic acids is 2. The van der Waals surface area contributed by atoms with E-state index >= 15 is 0 Å². The number of methoxy groups -OCH3 is 1. The molecular weight excluding hydrogens is 222 g/mol. The lowest BCUT2D eigenvalue weighted by Gasteiger charge is -2.06. The molecule has 17 heavy (non-hydrogen) atoms. The summed E-state index contributed by atoms with van der Waals surface area (Å²) in [5, 5.41) is 13.4. The molecule has 0 heterocycles. The van der Waals surface area contributed by atoms with Gasteiger partial charge in [0.05, 0.1) is 18.7 Å². The van der Waals surface area contributed by atoms with Crippen LogP contribution in [0.3, 0.4) is 0 Å². The Kier molecular flexibility index (Phi) is 4.51. The minimum atomic E-state index is -0.675. The van der Waals surface area contributed by atoms with Crippen molar-refractivity contribution in [3.05, 3.63) is 29.8 Å². The maximum atomic E-state index is 11.4. The van der Waals surface area contributed by atoms with Crippen molar-refractivity contribution in [1.29, 1.82) is 5.26 Å². The zero-order chi connectivity index (χ0) is 12.7. The van der Waals surface area contributed by atoms with Gasteiger partial charge in [-0.1, -0.05) is 6.07 Å². The van der Waals surface area contributed by atoms with E-state index in [9.17, 15) is 9.59 Å². The third-order valence-electron chi connectivity index (χ3n) is 1.85. The van der Waals surface area contributed by atoms with Gasteiger partial charge in [-0.2, -0.15) is 5.26 Å². The number of anilines is 1. The number of nitrogens with one attached hydrogen (secondary N) is 2. The van der Waals surface area contributed by atoms with Crippen molar-refractivity contribution < 1.29 is 14.3 Å². The molecule has 0 saturated carbocycles. The lowest BCUT2D eigenvalue weighted by Crippen LogP contribution is -2.32. The number of nitriles is 1. The molecule has 0 fully saturated rings. The Morgan fingerprint density at radius 1 is 1.47 bits per heavy atom. The lowest BCUT2D eigenvalue weighted by molar-refractivity contribution is -0.115. The van der Waals surface area contributed by atoms with Gasteiger partial charge < -0.3 is 15.4 Å². The van der Waals surface area contributed by atoms with Crippen LogP contribution in [0.2, 0.25) is 0 Å². The first kappa shape index (κ1) is 12.5. The van der Waals surface area contributed by atoms with Crippen LogP contribution in [0.5, 0.6) is 0 Å². The normalized spacial score (nSPS) is 8.94. The molecule has 0 unspecified atom stereocenters. The van der Waals surface area contributed by atoms with E-state index < -0.39 is 12.0 Å². The van der Waals surface area contributed by atoms with Gasteiger partial charge in [-0.05, 0) is 18.2 Å². The molecule has 1 aromatic carbocycles. The standard InChI is InChI=1S/C11H11N3O3/c1-17-11(16)13-7-10(15)14-9-4-2-3-8(5-9)6-12/h2-5H,7H2,1H3,(H,13,16)(H,14,15). The summed E-state index contributed by atoms with van der Waals surface area (Å²) < 4.78 is 4.31. The van der Waals surface area contributed by atoms with Crippen molar-refractivity contribution in [1.82, 2.24) is 5.32 Å². The van der Waals surface area contributed by atoms with Crippen molar-refractivity contribution >= 4 is 17.7 Å². The highest BCUT2D eigenvalue weighted by Crippen LogP contribution is 2.09. The van der Waals surface area contributed by atoms with Gasteiger partial charge in [0.2, 0.25) is 5.91 Å². The molecular formula is C11H11N3O3. The number of rotatable bonds is 3. The van der Waals surface area contributed by atoms with Crippen LogP contribution < -0.4 is 10.6 Å². The van der Waals surface area contributed by atoms with E-state index in [1.807, 2.05) is 6.07 Å². The Morgan fingerprint density at radius 3 is 2.88 bits per heavy atom. The SMILES string of the molecule is COC(=O)NCC(=O)Nc1cccc(C#N)c1. The summed E-state index contributed by atoms with van der Waals surface area (Å²) in [6.07, 6.45) is -0.675. The molecule has 0 atom stereocenters. The average molecular weight is 233 g/mol. The minimum absolute atomic E-state index is 0.191. The van der Waals surface area contributed by atoms with Crippen LogP contribution in [-0.2, 0) is 9.53 Å². The first-order chi connectivity index (χ1) is 8.15. The molecule has 0 radical (unpaired) electrons. The molecule has 88 valence electrons. The topological polar surface area (TPSA) is 91.2 Å². The van der Waals surface area contributed by atoms with E-state index in [-0.39, 0.29) is 6.54 Å². The fraction of sp³-hybridized carbons (Fsp3) is 0.182. The van der Waals surface area contributed by atoms with E-state index in [1.54, 1.807) is 18.2 Å². The van der Waals surface area contributed by atoms with E-state index in [2.05, 4.69) is 15.4 Å². The maximum absolute atomic E-state index is 11.4. The third-order valence-corrected chi connectivity index (χ3v) is 1.85. The molecule has 0 aliphatic heterocycles. The van der Waals surface area contributed by atoms with Crippen LogP contribution in [0.15, 0.2) is 24.3 Å². The van der Waals surface area contributed by atoms with Gasteiger partial charge in [-0.3, -0.25) is 4.79 Å². The van der Waals surface area contributed by atoms with Crippen LogP contribution in [-0.4, -0.2) is 25.7 Å². The van der Waals surface area contributed by atoms with Crippen LogP contribution in [0.25, 0.3) is 0 Å². The summed E-state index contributed by atoms with van der Waals surface area (Å²) in [7, 11) is 1.21. The number of amides is 2. The summed E-state index contributed by atoms with van der Waals surface area (Å²) in [5.41, 5.74) is 0.949. The Bertz CT molecular complexity index is 465. The Labute approximate surface area is 98.2 Å². The fourth-order valence-electron chi connectivity index (χ4n) is 1.10. The Balaban J connectivity index is 2.51. The second-order valence-electron chi connectivity index (χ2n) is 3.09. The second-order valence-corrected chi connectivity index (χ2v) is 3.09. The number of ether oxygens (including phenoxy) is 1. The number of hydrogen-bond donors (Lipinski definition) is 2. The molecule has 1 aromatic rings. The van der Waals surface area contributed by atoms with Gasteiger partial charge in [0.25, 0.3) is 0 Å². The summed E-state index contributed by atoms with van der Waals surface area (Å²) in [4.78, 5) is 22.1. The molecule has 0 spiro atoms. The van der Waals surface area contributed by atoms with Crippen molar-refractivity contribution in [2.45, 2.75) is 0 Å². The minimum Gasteiger partial charge on any atom is -0.453 e. The molecule has 0 bridgehead atoms. The quantitative estimate of drug-likeness (QED) is 0.809. The number of hydrogen-bond acceptors (Lipinski definition) is 4. The number of nitrogens with zero attached hydrogens (tertiary/aromatic N) is 1. The van der Waals surface area contributed by atoms with Crippen LogP contribution >= 0.6 is 0 Å². The molecule has 0 saturated heterocycles. The Morgan fingerprint density at radius 2 is 2.24 bits per heavy atom. The van der Waals surface area contributed by atoms with Gasteiger partial charge in [0, 0.05) is 5.69 Å². The maximum Gasteiger partial charge on any atom is 0.407 e. The smallest absolute Gasteiger partial charge is 0.407 e. The summed E-state index contributed by atoms with van der Waals surface area (Å²) in [6, 6.07) is 8.43. The molecule has 2 amide bonds. The molecule has 0 aromatic heterocycles. The van der Waals surface area contributed by atoms with Crippen molar-refractivity contribution in [3.8, 4) is 6.07 Å². The second kappa shape index (κ2) is 6.12. The first-order valence-corrected chi connectivity index (χ1v) is 4.77. The summed E-state index contributed by atoms with van der Waals surface area (Å²) in [5.74, 6) is -0.398. The lowest BCUT2D eigenvalue weighted by atomic mass is 10.2. The molecule has 0 aliphatic rings. The first-order valence-electron chi connectivity index (χ1n) is 4.77. The van der Waals surface area contributed by atoms with Gasteiger partial charge in [-0.15, -0.1) is 0 Å². The zero-order valence-corrected chi connectivity index (χ0v) is 9.19. The Hall–Kier alpha value is -2.55. The van der Waals surface area contributed by atoms with Crippen LogP contribution in [0.4, 0.5) is 10.5 Å². The highest BCUT2D eigenvalue weighted by Gasteiger charge is 2.05. The zero-order valence-electron chi connectivity index (χ0n) is 9.19. The van der Waals surface area contributed by atoms with Gasteiger partial charge in [-0.25, -0.2) is 4.79 Å². The van der Waals surface area contributed by atoms with E-state index in [1.165, 1.54) is 13.2 Å². The monoisotopic (exact) mass is 233 g/mol. The fourth-order valence-corrected chi connectivity index (χ4v) is 1.10. The van der Waals surface area contributed by atoms with Gasteiger partial charge >= 0.3 is 6.09 Å². The average Bonchev–Trinajstić information content (AvgIpc) is 2.36. The predicted molar refractivity (Wildman–Crippen MR) is 60.2 cm³/mol. The van der Waals surface area contributed by atoms with Gasteiger partial charge in [0.1, 0.15) is 6.54 Å². The molecule has 0 aliphatic carbocycles. The largest absolute Gasteiger partial charge is 0.453 e. The van der Waals surface area contributed by atoms with Crippen molar-refractivity contribution in [2.24, 2.45) is 0 Å². The molecule has 2 N–H and O–H groups in total. The van der Waals surface area contributed by atoms with E-state index in [0.29, 0.717) is 11.3 Å². The number of benzene rings is 1. The van der Waals surface area contributed by atoms with Gasteiger partial charge in [0.15, 0.2) is 0 Å². The van der Waals surface area contributed by atoms with Crippen LogP contribution in [0.1, 0.15) is 5.56 Å². The molecule has 1 rings (SSSR count). The number of alkyl carbamates (subject to hydrolysis) is 1. The van der Waals surface area contributed by atoms with E-state index in [4.69, 9.17) is 5.26 Å². The van der Waals surface area contributed by atoms with Crippen LogP contribution in [0, 0.1) is 11.3 Å². The van der Waals surface area contributed by atoms with E-state index in [0.717, 1.165) is 0 Å².